The van der Waals surface area contributed by atoms with E-state index in [0.717, 1.165) is 17.5 Å². The van der Waals surface area contributed by atoms with Gasteiger partial charge in [0, 0.05) is 17.5 Å². The van der Waals surface area contributed by atoms with E-state index in [-0.39, 0.29) is 23.5 Å². The van der Waals surface area contributed by atoms with Crippen LogP contribution >= 0.6 is 0 Å². The molecular weight excluding hydrogens is 333 g/mol. The average molecular weight is 357 g/mol. The monoisotopic (exact) mass is 357 g/mol. The highest BCUT2D eigenvalue weighted by atomic mass is 19.1. The summed E-state index contributed by atoms with van der Waals surface area (Å²) in [5, 5.41) is 2.84. The first-order valence-electron chi connectivity index (χ1n) is 8.78. The molecule has 3 rings (SSSR count). The molecule has 1 aliphatic carbocycles. The molecule has 2 aromatic rings. The van der Waals surface area contributed by atoms with Gasteiger partial charge in [-0.15, -0.1) is 0 Å². The molecule has 0 aromatic heterocycles. The van der Waals surface area contributed by atoms with Gasteiger partial charge in [-0.3, -0.25) is 0 Å². The van der Waals surface area contributed by atoms with E-state index in [1.807, 2.05) is 57.2 Å². The molecule has 4 nitrogen and oxygen atoms in total. The van der Waals surface area contributed by atoms with Gasteiger partial charge in [0.15, 0.2) is 11.6 Å². The van der Waals surface area contributed by atoms with E-state index in [9.17, 15) is 9.18 Å². The third kappa shape index (κ3) is 4.75. The number of carbonyl (C=O) groups excluding carboxylic acids is 1. The van der Waals surface area contributed by atoms with Gasteiger partial charge < -0.3 is 14.8 Å². The molecule has 26 heavy (non-hydrogen) atoms. The number of carbonyl (C=O) groups is 1. The number of alkyl carbamates (subject to hydrolysis) is 1. The van der Waals surface area contributed by atoms with Gasteiger partial charge in [-0.1, -0.05) is 42.5 Å². The normalized spacial score (nSPS) is 18.9. The summed E-state index contributed by atoms with van der Waals surface area (Å²) in [6, 6.07) is 14.5. The molecule has 0 radical (unpaired) electrons. The van der Waals surface area contributed by atoms with Crippen molar-refractivity contribution < 1.29 is 18.7 Å². The highest BCUT2D eigenvalue weighted by Gasteiger charge is 2.42. The third-order valence-electron chi connectivity index (χ3n) is 4.12. The van der Waals surface area contributed by atoms with E-state index in [1.54, 1.807) is 6.07 Å². The number of para-hydroxylation sites is 1. The second-order valence-corrected chi connectivity index (χ2v) is 7.53. The Morgan fingerprint density at radius 3 is 2.58 bits per heavy atom. The second-order valence-electron chi connectivity index (χ2n) is 7.53. The summed E-state index contributed by atoms with van der Waals surface area (Å²) in [6.45, 7) is 5.75. The molecule has 0 bridgehead atoms. The van der Waals surface area contributed by atoms with Crippen LogP contribution in [0.2, 0.25) is 0 Å². The Hall–Kier alpha value is -2.56. The molecule has 2 unspecified atom stereocenters. The zero-order chi connectivity index (χ0) is 18.7. The highest BCUT2D eigenvalue weighted by Crippen LogP contribution is 2.45. The SMILES string of the molecule is CC(C)(C)OC(=O)NC1CC1c1cccc(F)c1OCc1ccccc1. The van der Waals surface area contributed by atoms with E-state index in [1.165, 1.54) is 6.07 Å². The number of benzene rings is 2. The lowest BCUT2D eigenvalue weighted by molar-refractivity contribution is 0.0522. The molecule has 0 saturated heterocycles. The maximum absolute atomic E-state index is 14.3. The van der Waals surface area contributed by atoms with Crippen LogP contribution in [-0.2, 0) is 11.3 Å². The maximum Gasteiger partial charge on any atom is 0.407 e. The van der Waals surface area contributed by atoms with Crippen molar-refractivity contribution in [2.75, 3.05) is 0 Å². The maximum atomic E-state index is 14.3. The number of amides is 1. The van der Waals surface area contributed by atoms with Crippen molar-refractivity contribution in [2.45, 2.75) is 51.4 Å². The van der Waals surface area contributed by atoms with Gasteiger partial charge in [-0.05, 0) is 38.8 Å². The molecule has 1 aliphatic rings. The van der Waals surface area contributed by atoms with E-state index < -0.39 is 11.7 Å². The van der Waals surface area contributed by atoms with E-state index in [2.05, 4.69) is 5.32 Å². The van der Waals surface area contributed by atoms with Gasteiger partial charge in [-0.25, -0.2) is 9.18 Å². The molecule has 1 saturated carbocycles. The fourth-order valence-corrected chi connectivity index (χ4v) is 2.86. The second kappa shape index (κ2) is 7.36. The van der Waals surface area contributed by atoms with E-state index in [4.69, 9.17) is 9.47 Å². The summed E-state index contributed by atoms with van der Waals surface area (Å²) < 4.78 is 25.4. The smallest absolute Gasteiger partial charge is 0.407 e. The average Bonchev–Trinajstić information content (AvgIpc) is 3.31. The molecule has 0 aliphatic heterocycles. The number of hydrogen-bond acceptors (Lipinski definition) is 3. The number of ether oxygens (including phenoxy) is 2. The number of halogens is 1. The lowest BCUT2D eigenvalue weighted by Gasteiger charge is -2.19. The van der Waals surface area contributed by atoms with Crippen LogP contribution in [0.1, 0.15) is 44.2 Å². The molecule has 2 aromatic carbocycles. The molecule has 1 amide bonds. The fourth-order valence-electron chi connectivity index (χ4n) is 2.86. The lowest BCUT2D eigenvalue weighted by Crippen LogP contribution is -2.34. The fraction of sp³-hybridized carbons (Fsp3) is 0.381. The summed E-state index contributed by atoms with van der Waals surface area (Å²) in [6.07, 6.45) is 0.290. The molecular formula is C21H24FNO3. The first-order chi connectivity index (χ1) is 12.3. The van der Waals surface area contributed by atoms with Crippen LogP contribution in [0.15, 0.2) is 48.5 Å². The first kappa shape index (κ1) is 18.2. The summed E-state index contributed by atoms with van der Waals surface area (Å²) in [5.74, 6) is -0.0971. The van der Waals surface area contributed by atoms with Crippen LogP contribution in [0.3, 0.4) is 0 Å². The Balaban J connectivity index is 1.66. The highest BCUT2D eigenvalue weighted by molar-refractivity contribution is 5.69. The third-order valence-corrected chi connectivity index (χ3v) is 4.12. The molecule has 0 heterocycles. The van der Waals surface area contributed by atoms with Crippen LogP contribution in [0.4, 0.5) is 9.18 Å². The van der Waals surface area contributed by atoms with Crippen LogP contribution in [0.25, 0.3) is 0 Å². The van der Waals surface area contributed by atoms with Gasteiger partial charge in [0.05, 0.1) is 0 Å². The number of rotatable bonds is 5. The molecule has 1 N–H and O–H groups in total. The van der Waals surface area contributed by atoms with Crippen LogP contribution in [0.5, 0.6) is 5.75 Å². The van der Waals surface area contributed by atoms with E-state index in [0.29, 0.717) is 6.61 Å². The minimum atomic E-state index is -0.544. The van der Waals surface area contributed by atoms with Crippen molar-refractivity contribution in [2.24, 2.45) is 0 Å². The zero-order valence-corrected chi connectivity index (χ0v) is 15.3. The topological polar surface area (TPSA) is 47.6 Å². The summed E-state index contributed by atoms with van der Waals surface area (Å²) >= 11 is 0. The largest absolute Gasteiger partial charge is 0.486 e. The van der Waals surface area contributed by atoms with Gasteiger partial charge in [0.2, 0.25) is 0 Å². The minimum absolute atomic E-state index is 0.0315. The molecule has 2 atom stereocenters. The Labute approximate surface area is 153 Å². The van der Waals surface area contributed by atoms with Gasteiger partial charge in [-0.2, -0.15) is 0 Å². The predicted octanol–water partition coefficient (Wildman–Crippen LogP) is 4.79. The summed E-state index contributed by atoms with van der Waals surface area (Å²) in [4.78, 5) is 11.9. The van der Waals surface area contributed by atoms with Crippen LogP contribution < -0.4 is 10.1 Å². The van der Waals surface area contributed by atoms with Crippen molar-refractivity contribution in [1.82, 2.24) is 5.32 Å². The van der Waals surface area contributed by atoms with Crippen molar-refractivity contribution in [3.05, 3.63) is 65.5 Å². The lowest BCUT2D eigenvalue weighted by atomic mass is 10.1. The molecule has 5 heteroatoms. The summed E-state index contributed by atoms with van der Waals surface area (Å²) in [5.41, 5.74) is 1.21. The van der Waals surface area contributed by atoms with Crippen molar-refractivity contribution >= 4 is 6.09 Å². The summed E-state index contributed by atoms with van der Waals surface area (Å²) in [7, 11) is 0. The number of nitrogens with one attached hydrogen (secondary N) is 1. The Morgan fingerprint density at radius 2 is 1.88 bits per heavy atom. The Bertz CT molecular complexity index is 771. The number of hydrogen-bond donors (Lipinski definition) is 1. The molecule has 0 spiro atoms. The van der Waals surface area contributed by atoms with Gasteiger partial charge in [0.1, 0.15) is 12.2 Å². The molecule has 1 fully saturated rings. The van der Waals surface area contributed by atoms with Crippen LogP contribution in [-0.4, -0.2) is 17.7 Å². The standard InChI is InChI=1S/C21H24FNO3/c1-21(2,3)26-20(24)23-18-12-16(18)15-10-7-11-17(22)19(15)25-13-14-8-5-4-6-9-14/h4-11,16,18H,12-13H2,1-3H3,(H,23,24). The predicted molar refractivity (Wildman–Crippen MR) is 97.7 cm³/mol. The first-order valence-corrected chi connectivity index (χ1v) is 8.78. The zero-order valence-electron chi connectivity index (χ0n) is 15.3. The molecule has 138 valence electrons. The van der Waals surface area contributed by atoms with Gasteiger partial charge >= 0.3 is 6.09 Å². The van der Waals surface area contributed by atoms with Crippen molar-refractivity contribution in [3.8, 4) is 5.75 Å². The Morgan fingerprint density at radius 1 is 1.15 bits per heavy atom. The quantitative estimate of drug-likeness (QED) is 0.837. The minimum Gasteiger partial charge on any atom is -0.486 e. The van der Waals surface area contributed by atoms with Crippen molar-refractivity contribution in [3.63, 3.8) is 0 Å². The van der Waals surface area contributed by atoms with Crippen molar-refractivity contribution in [1.29, 1.82) is 0 Å². The van der Waals surface area contributed by atoms with Crippen LogP contribution in [0, 0.1) is 5.82 Å². The van der Waals surface area contributed by atoms with E-state index >= 15 is 0 Å². The Kier molecular flexibility index (Phi) is 5.16. The van der Waals surface area contributed by atoms with Gasteiger partial charge in [0.25, 0.3) is 0 Å².